The van der Waals surface area contributed by atoms with E-state index in [1.54, 1.807) is 24.3 Å². The number of ketones is 1. The molecular weight excluding hydrogens is 240 g/mol. The number of carbonyl (C=O) groups excluding carboxylic acids is 2. The van der Waals surface area contributed by atoms with Crippen molar-refractivity contribution in [2.75, 3.05) is 13.1 Å². The van der Waals surface area contributed by atoms with Crippen LogP contribution in [0.4, 0.5) is 0 Å². The van der Waals surface area contributed by atoms with Crippen molar-refractivity contribution in [2.45, 2.75) is 12.5 Å². The van der Waals surface area contributed by atoms with E-state index in [4.69, 9.17) is 17.3 Å². The molecule has 0 aromatic heterocycles. The van der Waals surface area contributed by atoms with Crippen molar-refractivity contribution in [3.63, 3.8) is 0 Å². The number of benzene rings is 1. The van der Waals surface area contributed by atoms with Gasteiger partial charge in [-0.1, -0.05) is 11.6 Å². The molecule has 1 heterocycles. The Labute approximate surface area is 104 Å². The molecule has 1 amide bonds. The SMILES string of the molecule is NC(=O)C(CC(=O)c1ccc(Cl)cc1)N1CC1. The number of rotatable bonds is 5. The van der Waals surface area contributed by atoms with Crippen molar-refractivity contribution in [3.05, 3.63) is 34.9 Å². The lowest BCUT2D eigenvalue weighted by Gasteiger charge is -2.13. The first-order chi connectivity index (χ1) is 8.08. The quantitative estimate of drug-likeness (QED) is 0.630. The fourth-order valence-electron chi connectivity index (χ4n) is 1.71. The summed E-state index contributed by atoms with van der Waals surface area (Å²) < 4.78 is 0. The number of primary amides is 1. The van der Waals surface area contributed by atoms with Crippen LogP contribution in [0.25, 0.3) is 0 Å². The van der Waals surface area contributed by atoms with Gasteiger partial charge in [-0.15, -0.1) is 0 Å². The highest BCUT2D eigenvalue weighted by atomic mass is 35.5. The summed E-state index contributed by atoms with van der Waals surface area (Å²) in [6, 6.07) is 6.16. The van der Waals surface area contributed by atoms with E-state index in [0.29, 0.717) is 10.6 Å². The zero-order valence-electron chi connectivity index (χ0n) is 9.23. The summed E-state index contributed by atoms with van der Waals surface area (Å²) in [6.45, 7) is 1.67. The molecule has 1 aromatic carbocycles. The minimum atomic E-state index is -0.474. The topological polar surface area (TPSA) is 63.2 Å². The second-order valence-corrected chi connectivity index (χ2v) is 4.52. The average molecular weight is 253 g/mol. The van der Waals surface area contributed by atoms with E-state index in [9.17, 15) is 9.59 Å². The summed E-state index contributed by atoms with van der Waals surface area (Å²) in [4.78, 5) is 25.0. The first-order valence-electron chi connectivity index (χ1n) is 5.40. The van der Waals surface area contributed by atoms with E-state index in [2.05, 4.69) is 0 Å². The number of carbonyl (C=O) groups is 2. The van der Waals surface area contributed by atoms with E-state index >= 15 is 0 Å². The van der Waals surface area contributed by atoms with Gasteiger partial charge in [0.05, 0.1) is 6.04 Å². The van der Waals surface area contributed by atoms with Crippen LogP contribution in [0.1, 0.15) is 16.8 Å². The van der Waals surface area contributed by atoms with Crippen LogP contribution in [0.3, 0.4) is 0 Å². The summed E-state index contributed by atoms with van der Waals surface area (Å²) in [7, 11) is 0. The molecule has 90 valence electrons. The van der Waals surface area contributed by atoms with Gasteiger partial charge >= 0.3 is 0 Å². The van der Waals surface area contributed by atoms with Crippen molar-refractivity contribution in [3.8, 4) is 0 Å². The molecule has 0 spiro atoms. The third-order valence-corrected chi connectivity index (χ3v) is 3.05. The number of nitrogens with zero attached hydrogens (tertiary/aromatic N) is 1. The number of hydrogen-bond acceptors (Lipinski definition) is 3. The number of amides is 1. The van der Waals surface area contributed by atoms with E-state index in [1.807, 2.05) is 4.90 Å². The summed E-state index contributed by atoms with van der Waals surface area (Å²) in [5.41, 5.74) is 5.83. The van der Waals surface area contributed by atoms with Crippen LogP contribution in [-0.4, -0.2) is 35.7 Å². The van der Waals surface area contributed by atoms with Gasteiger partial charge in [0, 0.05) is 30.1 Å². The lowest BCUT2D eigenvalue weighted by molar-refractivity contribution is -0.121. The second-order valence-electron chi connectivity index (χ2n) is 4.09. The van der Waals surface area contributed by atoms with Gasteiger partial charge < -0.3 is 5.73 Å². The van der Waals surface area contributed by atoms with Gasteiger partial charge in [-0.05, 0) is 24.3 Å². The molecule has 1 unspecified atom stereocenters. The first kappa shape index (κ1) is 12.1. The molecule has 1 aliphatic rings. The van der Waals surface area contributed by atoms with Crippen LogP contribution >= 0.6 is 11.6 Å². The Morgan fingerprint density at radius 2 is 1.88 bits per heavy atom. The third-order valence-electron chi connectivity index (χ3n) is 2.80. The van der Waals surface area contributed by atoms with Crippen LogP contribution in [-0.2, 0) is 4.79 Å². The highest BCUT2D eigenvalue weighted by Gasteiger charge is 2.33. The molecule has 2 rings (SSSR count). The van der Waals surface area contributed by atoms with Gasteiger partial charge in [-0.2, -0.15) is 0 Å². The van der Waals surface area contributed by atoms with Crippen molar-refractivity contribution in [1.29, 1.82) is 0 Å². The van der Waals surface area contributed by atoms with Crippen molar-refractivity contribution in [2.24, 2.45) is 5.73 Å². The standard InChI is InChI=1S/C12H13ClN2O2/c13-9-3-1-8(2-4-9)11(16)7-10(12(14)17)15-5-6-15/h1-4,10H,5-7H2,(H2,14,17). The van der Waals surface area contributed by atoms with Crippen molar-refractivity contribution < 1.29 is 9.59 Å². The summed E-state index contributed by atoms with van der Waals surface area (Å²) >= 11 is 5.74. The normalized spacial score (nSPS) is 16.5. The molecule has 4 nitrogen and oxygen atoms in total. The second kappa shape index (κ2) is 4.85. The fourth-order valence-corrected chi connectivity index (χ4v) is 1.83. The van der Waals surface area contributed by atoms with Crippen LogP contribution in [0.5, 0.6) is 0 Å². The maximum atomic E-state index is 11.9. The molecule has 1 aliphatic heterocycles. The first-order valence-corrected chi connectivity index (χ1v) is 5.78. The van der Waals surface area contributed by atoms with Gasteiger partial charge in [0.2, 0.25) is 5.91 Å². The zero-order chi connectivity index (χ0) is 12.4. The Kier molecular flexibility index (Phi) is 3.45. The molecule has 1 atom stereocenters. The Morgan fingerprint density at radius 3 is 2.35 bits per heavy atom. The summed E-state index contributed by atoms with van der Waals surface area (Å²) in [5, 5.41) is 0.582. The van der Waals surface area contributed by atoms with E-state index < -0.39 is 11.9 Å². The average Bonchev–Trinajstić information content (AvgIpc) is 3.10. The Bertz CT molecular complexity index is 440. The molecule has 0 radical (unpaired) electrons. The Balaban J connectivity index is 2.04. The molecular formula is C12H13ClN2O2. The third kappa shape index (κ3) is 3.05. The lowest BCUT2D eigenvalue weighted by atomic mass is 10.0. The zero-order valence-corrected chi connectivity index (χ0v) is 9.98. The van der Waals surface area contributed by atoms with E-state index in [1.165, 1.54) is 0 Å². The van der Waals surface area contributed by atoms with Gasteiger partial charge in [0.25, 0.3) is 0 Å². The molecule has 5 heteroatoms. The fraction of sp³-hybridized carbons (Fsp3) is 0.333. The lowest BCUT2D eigenvalue weighted by Crippen LogP contribution is -2.37. The van der Waals surface area contributed by atoms with Gasteiger partial charge in [-0.3, -0.25) is 14.5 Å². The molecule has 0 aliphatic carbocycles. The maximum absolute atomic E-state index is 11.9. The summed E-state index contributed by atoms with van der Waals surface area (Å²) in [5.74, 6) is -0.526. The van der Waals surface area contributed by atoms with Gasteiger partial charge in [0.15, 0.2) is 5.78 Å². The van der Waals surface area contributed by atoms with Crippen LogP contribution < -0.4 is 5.73 Å². The number of nitrogens with two attached hydrogens (primary N) is 1. The molecule has 0 bridgehead atoms. The van der Waals surface area contributed by atoms with E-state index in [-0.39, 0.29) is 12.2 Å². The van der Waals surface area contributed by atoms with Crippen molar-refractivity contribution in [1.82, 2.24) is 4.90 Å². The highest BCUT2D eigenvalue weighted by Crippen LogP contribution is 2.17. The smallest absolute Gasteiger partial charge is 0.235 e. The van der Waals surface area contributed by atoms with E-state index in [0.717, 1.165) is 13.1 Å². The Hall–Kier alpha value is -1.39. The van der Waals surface area contributed by atoms with Crippen LogP contribution in [0, 0.1) is 0 Å². The van der Waals surface area contributed by atoms with Crippen LogP contribution in [0.2, 0.25) is 5.02 Å². The molecule has 1 fully saturated rings. The molecule has 1 aromatic rings. The minimum absolute atomic E-state index is 0.0858. The number of Topliss-reactive ketones (excluding diaryl/α,β-unsaturated/α-hetero) is 1. The minimum Gasteiger partial charge on any atom is -0.368 e. The predicted molar refractivity (Wildman–Crippen MR) is 65.0 cm³/mol. The molecule has 17 heavy (non-hydrogen) atoms. The molecule has 0 saturated carbocycles. The highest BCUT2D eigenvalue weighted by molar-refractivity contribution is 6.30. The van der Waals surface area contributed by atoms with Gasteiger partial charge in [0.1, 0.15) is 0 Å². The van der Waals surface area contributed by atoms with Crippen LogP contribution in [0.15, 0.2) is 24.3 Å². The molecule has 2 N–H and O–H groups in total. The predicted octanol–water partition coefficient (Wildman–Crippen LogP) is 1.08. The number of halogens is 1. The van der Waals surface area contributed by atoms with Crippen molar-refractivity contribution >= 4 is 23.3 Å². The largest absolute Gasteiger partial charge is 0.368 e. The number of hydrogen-bond donors (Lipinski definition) is 1. The Morgan fingerprint density at radius 1 is 1.29 bits per heavy atom. The maximum Gasteiger partial charge on any atom is 0.235 e. The molecule has 1 saturated heterocycles. The van der Waals surface area contributed by atoms with Gasteiger partial charge in [-0.25, -0.2) is 0 Å². The monoisotopic (exact) mass is 252 g/mol. The summed E-state index contributed by atoms with van der Waals surface area (Å²) in [6.07, 6.45) is 0.136.